The molecule has 0 fully saturated rings. The van der Waals surface area contributed by atoms with Gasteiger partial charge in [0.25, 0.3) is 0 Å². The molecule has 2 aromatic carbocycles. The number of nitrogens with zero attached hydrogens (tertiary/aromatic N) is 1. The van der Waals surface area contributed by atoms with E-state index in [9.17, 15) is 4.39 Å². The largest absolute Gasteiger partial charge is 0.481 e. The predicted molar refractivity (Wildman–Crippen MR) is 74.2 cm³/mol. The van der Waals surface area contributed by atoms with E-state index >= 15 is 0 Å². The molecule has 1 aromatic heterocycles. The van der Waals surface area contributed by atoms with Gasteiger partial charge in [-0.25, -0.2) is 9.37 Å². The van der Waals surface area contributed by atoms with Gasteiger partial charge in [-0.05, 0) is 24.3 Å². The third-order valence-electron chi connectivity index (χ3n) is 2.76. The van der Waals surface area contributed by atoms with Crippen LogP contribution in [0.15, 0.2) is 40.8 Å². The second-order valence-corrected chi connectivity index (χ2v) is 4.55. The first-order valence-electron chi connectivity index (χ1n) is 5.86. The van der Waals surface area contributed by atoms with Crippen molar-refractivity contribution in [3.8, 4) is 5.75 Å². The van der Waals surface area contributed by atoms with Gasteiger partial charge >= 0.3 is 0 Å². The van der Waals surface area contributed by atoms with E-state index in [0.29, 0.717) is 22.7 Å². The van der Waals surface area contributed by atoms with E-state index in [2.05, 4.69) is 4.98 Å². The topological polar surface area (TPSA) is 61.3 Å². The standard InChI is InChI=1S/C14H10ClFN2O2/c15-8-3-1-5-10(13(8)16)19-7-12-18-14-9(17)4-2-6-11(14)20-12/h1-6H,7,17H2. The van der Waals surface area contributed by atoms with Crippen molar-refractivity contribution in [3.63, 3.8) is 0 Å². The number of fused-ring (bicyclic) bond motifs is 1. The molecule has 0 bridgehead atoms. The van der Waals surface area contributed by atoms with Gasteiger partial charge in [0, 0.05) is 0 Å². The van der Waals surface area contributed by atoms with E-state index in [1.54, 1.807) is 24.3 Å². The Labute approximate surface area is 118 Å². The average molecular weight is 293 g/mol. The molecule has 0 radical (unpaired) electrons. The number of benzene rings is 2. The Balaban J connectivity index is 1.83. The normalized spacial score (nSPS) is 10.9. The van der Waals surface area contributed by atoms with Crippen molar-refractivity contribution >= 4 is 28.4 Å². The van der Waals surface area contributed by atoms with Crippen molar-refractivity contribution in [1.82, 2.24) is 4.98 Å². The van der Waals surface area contributed by atoms with Gasteiger partial charge in [-0.1, -0.05) is 23.7 Å². The third-order valence-corrected chi connectivity index (χ3v) is 3.05. The van der Waals surface area contributed by atoms with Gasteiger partial charge in [0.15, 0.2) is 23.8 Å². The lowest BCUT2D eigenvalue weighted by Gasteiger charge is -2.05. The number of oxazole rings is 1. The van der Waals surface area contributed by atoms with Crippen molar-refractivity contribution in [2.45, 2.75) is 6.61 Å². The number of rotatable bonds is 3. The average Bonchev–Trinajstić information content (AvgIpc) is 2.85. The quantitative estimate of drug-likeness (QED) is 0.746. The lowest BCUT2D eigenvalue weighted by Crippen LogP contribution is -1.98. The summed E-state index contributed by atoms with van der Waals surface area (Å²) in [4.78, 5) is 4.21. The number of para-hydroxylation sites is 1. The van der Waals surface area contributed by atoms with Crippen LogP contribution in [0.4, 0.5) is 10.1 Å². The van der Waals surface area contributed by atoms with Gasteiger partial charge in [-0.15, -0.1) is 0 Å². The molecule has 0 unspecified atom stereocenters. The highest BCUT2D eigenvalue weighted by Gasteiger charge is 2.11. The highest BCUT2D eigenvalue weighted by atomic mass is 35.5. The molecule has 0 aliphatic rings. The van der Waals surface area contributed by atoms with Crippen LogP contribution in [-0.4, -0.2) is 4.98 Å². The summed E-state index contributed by atoms with van der Waals surface area (Å²) >= 11 is 5.67. The first-order chi connectivity index (χ1) is 9.65. The number of nitrogen functional groups attached to an aromatic ring is 1. The first-order valence-corrected chi connectivity index (χ1v) is 6.23. The second kappa shape index (κ2) is 5.02. The summed E-state index contributed by atoms with van der Waals surface area (Å²) in [7, 11) is 0. The van der Waals surface area contributed by atoms with Crippen LogP contribution in [0.2, 0.25) is 5.02 Å². The molecule has 0 amide bonds. The Bertz CT molecular complexity index is 773. The highest BCUT2D eigenvalue weighted by molar-refractivity contribution is 6.30. The lowest BCUT2D eigenvalue weighted by atomic mass is 10.3. The molecule has 6 heteroatoms. The summed E-state index contributed by atoms with van der Waals surface area (Å²) in [6.45, 7) is -0.00855. The maximum absolute atomic E-state index is 13.6. The molecular formula is C14H10ClFN2O2. The summed E-state index contributed by atoms with van der Waals surface area (Å²) in [6.07, 6.45) is 0. The van der Waals surface area contributed by atoms with Gasteiger partial charge in [0.05, 0.1) is 10.7 Å². The summed E-state index contributed by atoms with van der Waals surface area (Å²) in [5.74, 6) is -0.241. The van der Waals surface area contributed by atoms with Crippen LogP contribution >= 0.6 is 11.6 Å². The predicted octanol–water partition coefficient (Wildman–Crippen LogP) is 3.78. The van der Waals surface area contributed by atoms with E-state index in [-0.39, 0.29) is 17.4 Å². The number of ether oxygens (including phenoxy) is 1. The minimum Gasteiger partial charge on any atom is -0.481 e. The highest BCUT2D eigenvalue weighted by Crippen LogP contribution is 2.26. The molecule has 0 saturated carbocycles. The van der Waals surface area contributed by atoms with E-state index < -0.39 is 5.82 Å². The fourth-order valence-corrected chi connectivity index (χ4v) is 1.98. The monoisotopic (exact) mass is 292 g/mol. The van der Waals surface area contributed by atoms with Crippen LogP contribution in [0.3, 0.4) is 0 Å². The van der Waals surface area contributed by atoms with Crippen LogP contribution in [0.1, 0.15) is 5.89 Å². The Morgan fingerprint density at radius 2 is 2.05 bits per heavy atom. The van der Waals surface area contributed by atoms with Crippen LogP contribution in [0.25, 0.3) is 11.1 Å². The zero-order chi connectivity index (χ0) is 14.1. The third kappa shape index (κ3) is 2.28. The SMILES string of the molecule is Nc1cccc2oc(COc3cccc(Cl)c3F)nc12. The van der Waals surface area contributed by atoms with Crippen LogP contribution in [0, 0.1) is 5.82 Å². The Morgan fingerprint density at radius 3 is 2.85 bits per heavy atom. The van der Waals surface area contributed by atoms with Crippen molar-refractivity contribution in [1.29, 1.82) is 0 Å². The van der Waals surface area contributed by atoms with Crippen molar-refractivity contribution in [2.24, 2.45) is 0 Å². The summed E-state index contributed by atoms with van der Waals surface area (Å²) in [5.41, 5.74) is 7.43. The van der Waals surface area contributed by atoms with E-state index in [1.165, 1.54) is 12.1 Å². The molecule has 0 aliphatic heterocycles. The molecule has 3 aromatic rings. The van der Waals surface area contributed by atoms with Crippen molar-refractivity contribution in [3.05, 3.63) is 53.1 Å². The zero-order valence-corrected chi connectivity index (χ0v) is 11.0. The Morgan fingerprint density at radius 1 is 1.25 bits per heavy atom. The van der Waals surface area contributed by atoms with Gasteiger partial charge < -0.3 is 14.9 Å². The Hall–Kier alpha value is -2.27. The number of nitrogens with two attached hydrogens (primary N) is 1. The Kier molecular flexibility index (Phi) is 3.20. The van der Waals surface area contributed by atoms with Gasteiger partial charge in [-0.3, -0.25) is 0 Å². The number of aromatic nitrogens is 1. The van der Waals surface area contributed by atoms with Crippen molar-refractivity contribution in [2.75, 3.05) is 5.73 Å². The minimum atomic E-state index is -0.607. The molecule has 0 aliphatic carbocycles. The second-order valence-electron chi connectivity index (χ2n) is 4.14. The molecule has 0 saturated heterocycles. The maximum atomic E-state index is 13.6. The van der Waals surface area contributed by atoms with E-state index in [0.717, 1.165) is 0 Å². The molecule has 4 nitrogen and oxygen atoms in total. The number of hydrogen-bond acceptors (Lipinski definition) is 4. The fraction of sp³-hybridized carbons (Fsp3) is 0.0714. The summed E-state index contributed by atoms with van der Waals surface area (Å²) in [5, 5.41) is 0.00399. The van der Waals surface area contributed by atoms with Gasteiger partial charge in [0.2, 0.25) is 5.89 Å². The summed E-state index contributed by atoms with van der Waals surface area (Å²) in [6, 6.07) is 9.78. The molecule has 20 heavy (non-hydrogen) atoms. The minimum absolute atomic E-state index is 0.00399. The molecule has 1 heterocycles. The molecular weight excluding hydrogens is 283 g/mol. The molecule has 3 rings (SSSR count). The number of hydrogen-bond donors (Lipinski definition) is 1. The van der Waals surface area contributed by atoms with Crippen LogP contribution in [-0.2, 0) is 6.61 Å². The zero-order valence-electron chi connectivity index (χ0n) is 10.3. The fourth-order valence-electron chi connectivity index (χ4n) is 1.81. The van der Waals surface area contributed by atoms with Gasteiger partial charge in [-0.2, -0.15) is 0 Å². The summed E-state index contributed by atoms with van der Waals surface area (Å²) < 4.78 is 24.4. The first kappa shape index (κ1) is 12.7. The van der Waals surface area contributed by atoms with E-state index in [4.69, 9.17) is 26.5 Å². The lowest BCUT2D eigenvalue weighted by molar-refractivity contribution is 0.256. The smallest absolute Gasteiger partial charge is 0.233 e. The van der Waals surface area contributed by atoms with Crippen LogP contribution < -0.4 is 10.5 Å². The molecule has 0 atom stereocenters. The van der Waals surface area contributed by atoms with Crippen molar-refractivity contribution < 1.29 is 13.5 Å². The molecule has 0 spiro atoms. The van der Waals surface area contributed by atoms with Crippen LogP contribution in [0.5, 0.6) is 5.75 Å². The number of halogens is 2. The van der Waals surface area contributed by atoms with Gasteiger partial charge in [0.1, 0.15) is 5.52 Å². The number of anilines is 1. The maximum Gasteiger partial charge on any atom is 0.233 e. The molecule has 2 N–H and O–H groups in total. The molecule has 102 valence electrons. The van der Waals surface area contributed by atoms with E-state index in [1.807, 2.05) is 0 Å².